The summed E-state index contributed by atoms with van der Waals surface area (Å²) in [6.45, 7) is 15.8. The number of aliphatic hydroxyl groups excluding tert-OH is 1. The van der Waals surface area contributed by atoms with Crippen molar-refractivity contribution in [2.24, 2.45) is 0 Å². The van der Waals surface area contributed by atoms with Crippen LogP contribution in [-0.4, -0.2) is 77.0 Å². The van der Waals surface area contributed by atoms with Gasteiger partial charge >= 0.3 is 5.69 Å². The Morgan fingerprint density at radius 1 is 1.53 bits per heavy atom. The number of H-pyrrole nitrogens is 1. The average Bonchev–Trinajstić information content (AvgIpc) is 3.48. The Morgan fingerprint density at radius 3 is 2.79 bits per heavy atom. The van der Waals surface area contributed by atoms with Gasteiger partial charge < -0.3 is 28.5 Å². The van der Waals surface area contributed by atoms with Crippen LogP contribution >= 0.6 is 8.53 Å². The summed E-state index contributed by atoms with van der Waals surface area (Å²) in [7, 11) is -0.265. The lowest BCUT2D eigenvalue weighted by molar-refractivity contribution is -0.218. The van der Waals surface area contributed by atoms with Crippen LogP contribution < -0.4 is 11.2 Å². The zero-order chi connectivity index (χ0) is 26.7. The number of nitrogens with one attached hydrogen (secondary N) is 1. The lowest BCUT2D eigenvalue weighted by Crippen LogP contribution is -2.48. The van der Waals surface area contributed by atoms with Crippen molar-refractivity contribution in [1.29, 1.82) is 1.43 Å². The number of hydrogen-bond acceptors (Lipinski definition) is 8. The third-order valence-corrected chi connectivity index (χ3v) is 8.34. The second kappa shape index (κ2) is 10.5. The largest absolute Gasteiger partial charge is 0.400 e. The summed E-state index contributed by atoms with van der Waals surface area (Å²) in [5.41, 5.74) is -2.32. The van der Waals surface area contributed by atoms with E-state index < -0.39 is 49.4 Å². The fourth-order valence-corrected chi connectivity index (χ4v) is 6.16. The Morgan fingerprint density at radius 2 is 2.24 bits per heavy atom. The first-order valence-electron chi connectivity index (χ1n) is 12.4. The average molecular weight is 502 g/mol. The van der Waals surface area contributed by atoms with Gasteiger partial charge in [0.1, 0.15) is 30.0 Å². The standard InChI is InChI=1S/C21H31N4O6P.CH4O/c1-7-25(13(2)3)32(28-11-10-22-6)31-16-15-18(24-12-14(4)17(26)23-19(24)27)30-20(16,5)21(29-15)8-9-21;1-2/h12-13,15-16,18H,7-11H2,1-5H3,(H,23,26,27);2H,1H3/t15-,16+,18-,20-,32?;/m1./s1/i5D;2T. The molecule has 2 aliphatic heterocycles. The molecule has 1 aliphatic carbocycles. The molecule has 3 heterocycles. The quantitative estimate of drug-likeness (QED) is 0.299. The number of nitrogens with zero attached hydrogens (tertiary/aromatic N) is 3. The molecular formula is C22H35N4O7P. The van der Waals surface area contributed by atoms with Gasteiger partial charge in [-0.15, -0.1) is 0 Å². The molecular weight excluding hydrogens is 463 g/mol. The molecule has 11 nitrogen and oxygen atoms in total. The van der Waals surface area contributed by atoms with Crippen molar-refractivity contribution in [2.45, 2.75) is 83.1 Å². The second-order valence-corrected chi connectivity index (χ2v) is 10.2. The zero-order valence-electron chi connectivity index (χ0n) is 22.3. The van der Waals surface area contributed by atoms with Crippen molar-refractivity contribution in [3.63, 3.8) is 0 Å². The Bertz CT molecular complexity index is 1060. The number of rotatable bonds is 9. The molecule has 0 amide bonds. The topological polar surface area (TPSA) is 120 Å². The van der Waals surface area contributed by atoms with E-state index in [0.29, 0.717) is 12.1 Å². The van der Waals surface area contributed by atoms with Crippen molar-refractivity contribution in [3.8, 4) is 0 Å². The molecule has 3 aliphatic rings. The van der Waals surface area contributed by atoms with Crippen molar-refractivity contribution >= 4 is 8.53 Å². The van der Waals surface area contributed by atoms with Crippen LogP contribution in [0.5, 0.6) is 0 Å². The van der Waals surface area contributed by atoms with Gasteiger partial charge in [0.15, 0.2) is 6.23 Å². The van der Waals surface area contributed by atoms with Crippen LogP contribution in [-0.2, 0) is 18.5 Å². The summed E-state index contributed by atoms with van der Waals surface area (Å²) in [6, 6.07) is 0.136. The van der Waals surface area contributed by atoms with Crippen LogP contribution in [0.25, 0.3) is 4.85 Å². The van der Waals surface area contributed by atoms with E-state index in [9.17, 15) is 9.59 Å². The molecule has 2 N–H and O–H groups in total. The summed E-state index contributed by atoms with van der Waals surface area (Å²) in [5, 5.41) is 3.50. The number of aromatic nitrogens is 2. The van der Waals surface area contributed by atoms with Crippen LogP contribution in [0.3, 0.4) is 0 Å². The predicted molar refractivity (Wildman–Crippen MR) is 126 cm³/mol. The number of ether oxygens (including phenoxy) is 2. The summed E-state index contributed by atoms with van der Waals surface area (Å²) in [6.07, 6.45) is 0.879. The Hall–Kier alpha value is -1.64. The van der Waals surface area contributed by atoms with Gasteiger partial charge in [0.05, 0.1) is 0 Å². The first kappa shape index (κ1) is 24.1. The molecule has 3 fully saturated rings. The van der Waals surface area contributed by atoms with Crippen LogP contribution in [0.15, 0.2) is 15.8 Å². The van der Waals surface area contributed by atoms with Crippen molar-refractivity contribution in [1.82, 2.24) is 14.2 Å². The summed E-state index contributed by atoms with van der Waals surface area (Å²) in [4.78, 5) is 30.1. The number of fused-ring (bicyclic) bond motifs is 3. The summed E-state index contributed by atoms with van der Waals surface area (Å²) < 4.78 is 43.0. The van der Waals surface area contributed by atoms with Crippen molar-refractivity contribution < 1.29 is 25.0 Å². The van der Waals surface area contributed by atoms with Gasteiger partial charge in [-0.2, -0.15) is 0 Å². The molecule has 1 aromatic rings. The van der Waals surface area contributed by atoms with Crippen LogP contribution in [0.1, 0.15) is 53.7 Å². The lowest BCUT2D eigenvalue weighted by Gasteiger charge is -2.37. The van der Waals surface area contributed by atoms with E-state index in [0.717, 1.165) is 12.8 Å². The number of aromatic amines is 1. The molecule has 0 radical (unpaired) electrons. The van der Waals surface area contributed by atoms with E-state index in [4.69, 9.17) is 27.9 Å². The fourth-order valence-electron chi connectivity index (χ4n) is 4.50. The third kappa shape index (κ3) is 4.61. The van der Waals surface area contributed by atoms with Crippen molar-refractivity contribution in [2.75, 3.05) is 26.8 Å². The van der Waals surface area contributed by atoms with Crippen molar-refractivity contribution in [3.05, 3.63) is 44.0 Å². The number of aliphatic hydroxyl groups is 1. The minimum absolute atomic E-state index is 0.0964. The maximum absolute atomic E-state index is 12.6. The van der Waals surface area contributed by atoms with Gasteiger partial charge in [-0.1, -0.05) is 6.92 Å². The fraction of sp³-hybridized carbons (Fsp3) is 0.773. The van der Waals surface area contributed by atoms with E-state index in [1.165, 1.54) is 17.9 Å². The Labute approximate surface area is 203 Å². The minimum Gasteiger partial charge on any atom is -0.400 e. The van der Waals surface area contributed by atoms with Gasteiger partial charge in [0, 0.05) is 32.8 Å². The zero-order valence-corrected chi connectivity index (χ0v) is 21.2. The van der Waals surface area contributed by atoms with Gasteiger partial charge in [0.2, 0.25) is 7.98 Å². The van der Waals surface area contributed by atoms with E-state index in [1.54, 1.807) is 6.92 Å². The first-order chi connectivity index (χ1) is 17.1. The highest BCUT2D eigenvalue weighted by Crippen LogP contribution is 2.66. The van der Waals surface area contributed by atoms with Gasteiger partial charge in [0.25, 0.3) is 14.1 Å². The molecule has 1 spiro atoms. The monoisotopic (exact) mass is 501 g/mol. The third-order valence-electron chi connectivity index (χ3n) is 6.37. The maximum Gasteiger partial charge on any atom is 0.330 e. The highest BCUT2D eigenvalue weighted by atomic mass is 31.2. The molecule has 1 aromatic heterocycles. The molecule has 12 heteroatoms. The molecule has 2 saturated heterocycles. The molecule has 1 saturated carbocycles. The molecule has 34 heavy (non-hydrogen) atoms. The van der Waals surface area contributed by atoms with E-state index in [2.05, 4.69) is 19.6 Å². The van der Waals surface area contributed by atoms with E-state index >= 15 is 0 Å². The first-order valence-corrected chi connectivity index (χ1v) is 12.4. The minimum atomic E-state index is -1.56. The summed E-state index contributed by atoms with van der Waals surface area (Å²) >= 11 is 0. The molecule has 2 bridgehead atoms. The highest BCUT2D eigenvalue weighted by Gasteiger charge is 2.77. The maximum atomic E-state index is 12.6. The van der Waals surface area contributed by atoms with E-state index in [-0.39, 0.29) is 26.1 Å². The predicted octanol–water partition coefficient (Wildman–Crippen LogP) is 1.95. The molecule has 190 valence electrons. The van der Waals surface area contributed by atoms with Crippen LogP contribution in [0, 0.1) is 13.5 Å². The highest BCUT2D eigenvalue weighted by molar-refractivity contribution is 7.44. The smallest absolute Gasteiger partial charge is 0.330 e. The van der Waals surface area contributed by atoms with Gasteiger partial charge in [-0.05, 0) is 40.5 Å². The Kier molecular flexibility index (Phi) is 7.46. The Balaban J connectivity index is 0.00000115. The molecule has 0 aromatic carbocycles. The normalized spacial score (nSPS) is 30.0. The SMILES string of the molecule is [2H]C[C@]12O[C@@H](n3cc(C)c(=O)[nH]c3=O)[C@H](OC13CC3)[C@@H]2OP(OCC[N+]#[C-])N(CC)C(C)C.[3H]OC. The van der Waals surface area contributed by atoms with E-state index in [1.807, 2.05) is 20.8 Å². The second-order valence-electron chi connectivity index (χ2n) is 8.78. The molecule has 4 rings (SSSR count). The molecule has 5 atom stereocenters. The number of aryl methyl sites for hydroxylation is 1. The van der Waals surface area contributed by atoms with Gasteiger partial charge in [-0.25, -0.2) is 16.0 Å². The summed E-state index contributed by atoms with van der Waals surface area (Å²) in [5.74, 6) is 0. The van der Waals surface area contributed by atoms with Crippen LogP contribution in [0.2, 0.25) is 0 Å². The molecule has 1 unspecified atom stereocenters. The lowest BCUT2D eigenvalue weighted by atomic mass is 9.93. The van der Waals surface area contributed by atoms with Gasteiger partial charge in [-0.3, -0.25) is 14.3 Å². The number of hydrogen-bond donors (Lipinski definition) is 2. The van der Waals surface area contributed by atoms with Crippen LogP contribution in [0.4, 0.5) is 0 Å².